The molecule has 0 aliphatic rings. The van der Waals surface area contributed by atoms with E-state index in [4.69, 9.17) is 4.74 Å². The zero-order valence-corrected chi connectivity index (χ0v) is 17.8. The second kappa shape index (κ2) is 8.64. The number of ether oxygens (including phenoxy) is 1. The molecular formula is C23H19N3O5S. The van der Waals surface area contributed by atoms with E-state index >= 15 is 0 Å². The Kier molecular flexibility index (Phi) is 5.74. The fourth-order valence-corrected chi connectivity index (χ4v) is 4.05. The first-order valence-electron chi connectivity index (χ1n) is 9.57. The standard InChI is InChI=1S/C23H19N3O5S/c1-32(29,30)14-15-4-2-6-17(12-15)25-23-24-11-10-21(26-23)31-18-8-9-19-16(13-18)5-3-7-20(19)22(27)28/h2-13H,14H2,1H3,(H,27,28)(H,24,25,26). The summed E-state index contributed by atoms with van der Waals surface area (Å²) in [5, 5.41) is 13.7. The number of anilines is 2. The lowest BCUT2D eigenvalue weighted by atomic mass is 10.0. The Morgan fingerprint density at radius 1 is 1.06 bits per heavy atom. The van der Waals surface area contributed by atoms with Crippen molar-refractivity contribution in [3.8, 4) is 11.6 Å². The lowest BCUT2D eigenvalue weighted by molar-refractivity contribution is 0.0699. The molecule has 0 atom stereocenters. The molecule has 162 valence electrons. The SMILES string of the molecule is CS(=O)(=O)Cc1cccc(Nc2nccc(Oc3ccc4c(C(=O)O)cccc4c3)n2)c1. The summed E-state index contributed by atoms with van der Waals surface area (Å²) in [6.07, 6.45) is 2.72. The largest absolute Gasteiger partial charge is 0.478 e. The predicted octanol–water partition coefficient (Wildman–Crippen LogP) is 4.41. The minimum absolute atomic E-state index is 0.0575. The minimum Gasteiger partial charge on any atom is -0.478 e. The van der Waals surface area contributed by atoms with Crippen LogP contribution in [0.2, 0.25) is 0 Å². The van der Waals surface area contributed by atoms with Crippen molar-refractivity contribution < 1.29 is 23.1 Å². The van der Waals surface area contributed by atoms with Crippen molar-refractivity contribution >= 4 is 38.2 Å². The number of aromatic nitrogens is 2. The maximum absolute atomic E-state index is 11.5. The quantitative estimate of drug-likeness (QED) is 0.426. The van der Waals surface area contributed by atoms with E-state index in [9.17, 15) is 18.3 Å². The van der Waals surface area contributed by atoms with Crippen molar-refractivity contribution in [1.29, 1.82) is 0 Å². The number of benzene rings is 3. The molecule has 4 aromatic rings. The van der Waals surface area contributed by atoms with E-state index in [2.05, 4.69) is 15.3 Å². The average molecular weight is 449 g/mol. The molecule has 4 rings (SSSR count). The summed E-state index contributed by atoms with van der Waals surface area (Å²) < 4.78 is 28.9. The minimum atomic E-state index is -3.14. The maximum Gasteiger partial charge on any atom is 0.336 e. The number of carbonyl (C=O) groups is 1. The van der Waals surface area contributed by atoms with Gasteiger partial charge in [0.1, 0.15) is 5.75 Å². The smallest absolute Gasteiger partial charge is 0.336 e. The Balaban J connectivity index is 1.54. The molecule has 2 N–H and O–H groups in total. The molecule has 8 nitrogen and oxygen atoms in total. The molecule has 9 heteroatoms. The van der Waals surface area contributed by atoms with E-state index in [1.54, 1.807) is 60.7 Å². The molecule has 0 bridgehead atoms. The maximum atomic E-state index is 11.5. The van der Waals surface area contributed by atoms with Crippen LogP contribution in [-0.2, 0) is 15.6 Å². The summed E-state index contributed by atoms with van der Waals surface area (Å²) in [6, 6.07) is 18.8. The van der Waals surface area contributed by atoms with Crippen molar-refractivity contribution in [1.82, 2.24) is 9.97 Å². The van der Waals surface area contributed by atoms with E-state index in [-0.39, 0.29) is 17.3 Å². The fraction of sp³-hybridized carbons (Fsp3) is 0.0870. The van der Waals surface area contributed by atoms with E-state index in [0.29, 0.717) is 28.3 Å². The Morgan fingerprint density at radius 2 is 1.88 bits per heavy atom. The first-order chi connectivity index (χ1) is 15.3. The van der Waals surface area contributed by atoms with Crippen LogP contribution in [0.15, 0.2) is 72.9 Å². The first-order valence-corrected chi connectivity index (χ1v) is 11.6. The van der Waals surface area contributed by atoms with Gasteiger partial charge in [0.2, 0.25) is 11.8 Å². The van der Waals surface area contributed by atoms with Crippen LogP contribution in [0.4, 0.5) is 11.6 Å². The van der Waals surface area contributed by atoms with Crippen molar-refractivity contribution in [2.45, 2.75) is 5.75 Å². The summed E-state index contributed by atoms with van der Waals surface area (Å²) in [5.74, 6) is 0.0330. The summed E-state index contributed by atoms with van der Waals surface area (Å²) >= 11 is 0. The first kappa shape index (κ1) is 21.3. The normalized spacial score (nSPS) is 11.3. The summed E-state index contributed by atoms with van der Waals surface area (Å²) in [5.41, 5.74) is 1.53. The Labute approximate surface area is 184 Å². The van der Waals surface area contributed by atoms with E-state index in [0.717, 1.165) is 5.39 Å². The molecule has 3 aromatic carbocycles. The molecule has 0 spiro atoms. The lowest BCUT2D eigenvalue weighted by Gasteiger charge is -2.10. The number of fused-ring (bicyclic) bond motifs is 1. The number of nitrogens with zero attached hydrogens (tertiary/aromatic N) is 2. The highest BCUT2D eigenvalue weighted by atomic mass is 32.2. The number of nitrogens with one attached hydrogen (secondary N) is 1. The van der Waals surface area contributed by atoms with Gasteiger partial charge in [-0.1, -0.05) is 24.3 Å². The van der Waals surface area contributed by atoms with Gasteiger partial charge in [-0.15, -0.1) is 0 Å². The third kappa shape index (κ3) is 5.19. The van der Waals surface area contributed by atoms with Crippen LogP contribution in [0.5, 0.6) is 11.6 Å². The Morgan fingerprint density at radius 3 is 2.66 bits per heavy atom. The zero-order chi connectivity index (χ0) is 22.7. The van der Waals surface area contributed by atoms with Crippen LogP contribution in [0.1, 0.15) is 15.9 Å². The Bertz CT molecular complexity index is 1420. The van der Waals surface area contributed by atoms with Gasteiger partial charge in [0.05, 0.1) is 11.3 Å². The van der Waals surface area contributed by atoms with Crippen LogP contribution >= 0.6 is 0 Å². The second-order valence-corrected chi connectivity index (χ2v) is 9.35. The van der Waals surface area contributed by atoms with Gasteiger partial charge < -0.3 is 15.2 Å². The van der Waals surface area contributed by atoms with Crippen molar-refractivity contribution in [2.24, 2.45) is 0 Å². The summed E-state index contributed by atoms with van der Waals surface area (Å²) in [6.45, 7) is 0. The molecule has 0 saturated carbocycles. The van der Waals surface area contributed by atoms with Crippen LogP contribution in [0.3, 0.4) is 0 Å². The number of aromatic carboxylic acids is 1. The molecule has 0 aliphatic carbocycles. The third-order valence-electron chi connectivity index (χ3n) is 4.55. The van der Waals surface area contributed by atoms with E-state index < -0.39 is 15.8 Å². The molecule has 1 heterocycles. The molecule has 0 fully saturated rings. The van der Waals surface area contributed by atoms with Crippen molar-refractivity contribution in [3.05, 3.63) is 84.1 Å². The highest BCUT2D eigenvalue weighted by Gasteiger charge is 2.10. The molecule has 1 aromatic heterocycles. The van der Waals surface area contributed by atoms with Gasteiger partial charge in [0.15, 0.2) is 9.84 Å². The lowest BCUT2D eigenvalue weighted by Crippen LogP contribution is -2.02. The third-order valence-corrected chi connectivity index (χ3v) is 5.40. The monoisotopic (exact) mass is 449 g/mol. The number of carboxylic acids is 1. The molecule has 0 unspecified atom stereocenters. The molecule has 0 aliphatic heterocycles. The predicted molar refractivity (Wildman–Crippen MR) is 121 cm³/mol. The van der Waals surface area contributed by atoms with Crippen LogP contribution in [0, 0.1) is 0 Å². The van der Waals surface area contributed by atoms with Crippen LogP contribution < -0.4 is 10.1 Å². The molecule has 0 saturated heterocycles. The van der Waals surface area contributed by atoms with Crippen molar-refractivity contribution in [2.75, 3.05) is 11.6 Å². The highest BCUT2D eigenvalue weighted by molar-refractivity contribution is 7.89. The number of hydrogen-bond donors (Lipinski definition) is 2. The molecule has 32 heavy (non-hydrogen) atoms. The molecule has 0 amide bonds. The van der Waals surface area contributed by atoms with E-state index in [1.165, 1.54) is 12.5 Å². The number of hydrogen-bond acceptors (Lipinski definition) is 7. The average Bonchev–Trinajstić information content (AvgIpc) is 2.72. The fourth-order valence-electron chi connectivity index (χ4n) is 3.26. The van der Waals surface area contributed by atoms with Gasteiger partial charge in [-0.3, -0.25) is 0 Å². The van der Waals surface area contributed by atoms with Gasteiger partial charge >= 0.3 is 5.97 Å². The van der Waals surface area contributed by atoms with Gasteiger partial charge in [0, 0.05) is 24.2 Å². The topological polar surface area (TPSA) is 118 Å². The van der Waals surface area contributed by atoms with Crippen molar-refractivity contribution in [3.63, 3.8) is 0 Å². The summed E-state index contributed by atoms with van der Waals surface area (Å²) in [7, 11) is -3.14. The van der Waals surface area contributed by atoms with Gasteiger partial charge in [-0.2, -0.15) is 4.98 Å². The second-order valence-electron chi connectivity index (χ2n) is 7.21. The van der Waals surface area contributed by atoms with Gasteiger partial charge in [-0.25, -0.2) is 18.2 Å². The number of rotatable bonds is 7. The highest BCUT2D eigenvalue weighted by Crippen LogP contribution is 2.27. The number of carboxylic acid groups (broad SMARTS) is 1. The molecule has 0 radical (unpaired) electrons. The van der Waals surface area contributed by atoms with Gasteiger partial charge in [-0.05, 0) is 52.7 Å². The number of sulfone groups is 1. The Hall–Kier alpha value is -3.98. The van der Waals surface area contributed by atoms with Crippen LogP contribution in [-0.4, -0.2) is 35.7 Å². The van der Waals surface area contributed by atoms with E-state index in [1.807, 2.05) is 6.07 Å². The molecular weight excluding hydrogens is 430 g/mol. The zero-order valence-electron chi connectivity index (χ0n) is 17.0. The van der Waals surface area contributed by atoms with Crippen LogP contribution in [0.25, 0.3) is 10.8 Å². The van der Waals surface area contributed by atoms with Gasteiger partial charge in [0.25, 0.3) is 0 Å². The summed E-state index contributed by atoms with van der Waals surface area (Å²) in [4.78, 5) is 19.9.